The van der Waals surface area contributed by atoms with E-state index in [1.807, 2.05) is 36.4 Å². The second-order valence-electron chi connectivity index (χ2n) is 16.7. The Hall–Kier alpha value is -4.07. The van der Waals surface area contributed by atoms with E-state index >= 15 is 0 Å². The van der Waals surface area contributed by atoms with Gasteiger partial charge in [-0.3, -0.25) is 23.9 Å². The van der Waals surface area contributed by atoms with Crippen molar-refractivity contribution in [2.45, 2.75) is 145 Å². The molecular weight excluding hydrogens is 723 g/mol. The van der Waals surface area contributed by atoms with Crippen molar-refractivity contribution in [2.24, 2.45) is 17.8 Å². The molecule has 1 aromatic heterocycles. The molecule has 3 aliphatic carbocycles. The van der Waals surface area contributed by atoms with Gasteiger partial charge in [-0.15, -0.1) is 0 Å². The van der Waals surface area contributed by atoms with E-state index in [1.54, 1.807) is 0 Å². The van der Waals surface area contributed by atoms with Gasteiger partial charge in [-0.25, -0.2) is 18.4 Å². The van der Waals surface area contributed by atoms with Gasteiger partial charge in [0.2, 0.25) is 27.7 Å². The number of para-hydroxylation sites is 2. The summed E-state index contributed by atoms with van der Waals surface area (Å²) in [6.07, 6.45) is 15.3. The Balaban J connectivity index is 1.13. The van der Waals surface area contributed by atoms with E-state index in [-0.39, 0.29) is 43.8 Å². The summed E-state index contributed by atoms with van der Waals surface area (Å²) in [5.41, 5.74) is 0.705. The van der Waals surface area contributed by atoms with Crippen LogP contribution >= 0.6 is 0 Å². The van der Waals surface area contributed by atoms with E-state index in [0.29, 0.717) is 43.0 Å². The number of rotatable bonds is 3. The Morgan fingerprint density at radius 2 is 1.65 bits per heavy atom. The minimum Gasteiger partial charge on any atom is -0.471 e. The van der Waals surface area contributed by atoms with Crippen LogP contribution in [0.3, 0.4) is 0 Å². The van der Waals surface area contributed by atoms with Gasteiger partial charge in [0.25, 0.3) is 5.91 Å². The lowest BCUT2D eigenvalue weighted by Crippen LogP contribution is -2.57. The molecule has 55 heavy (non-hydrogen) atoms. The zero-order valence-corrected chi connectivity index (χ0v) is 32.3. The number of fused-ring (bicyclic) bond motifs is 6. The molecule has 4 fully saturated rings. The lowest BCUT2D eigenvalue weighted by atomic mass is 9.94. The third kappa shape index (κ3) is 8.39. The summed E-state index contributed by atoms with van der Waals surface area (Å²) in [4.78, 5) is 67.9. The van der Waals surface area contributed by atoms with Crippen molar-refractivity contribution in [3.63, 3.8) is 0 Å². The normalized spacial score (nSPS) is 32.9. The third-order valence-corrected chi connectivity index (χ3v) is 14.4. The topological polar surface area (TPSA) is 174 Å². The molecule has 8 rings (SSSR count). The predicted octanol–water partition coefficient (Wildman–Crippen LogP) is 4.82. The van der Waals surface area contributed by atoms with E-state index in [0.717, 1.165) is 81.8 Å². The molecule has 3 amide bonds. The second kappa shape index (κ2) is 15.8. The fraction of sp³-hybridized carbons (Fsp3) is 0.659. The van der Waals surface area contributed by atoms with Crippen LogP contribution < -0.4 is 14.8 Å². The van der Waals surface area contributed by atoms with Gasteiger partial charge >= 0.3 is 5.97 Å². The maximum absolute atomic E-state index is 14.7. The molecule has 1 aromatic carbocycles. The molecule has 4 heterocycles. The maximum Gasteiger partial charge on any atom is 0.306 e. The number of aryl methyl sites for hydroxylation is 1. The molecule has 2 N–H and O–H groups in total. The van der Waals surface area contributed by atoms with Gasteiger partial charge in [-0.1, -0.05) is 50.0 Å². The number of amides is 3. The number of carbonyl (C=O) groups is 4. The number of nitrogens with zero attached hydrogens (tertiary/aromatic N) is 3. The Labute approximate surface area is 322 Å². The molecule has 0 radical (unpaired) electrons. The predicted molar refractivity (Wildman–Crippen MR) is 203 cm³/mol. The summed E-state index contributed by atoms with van der Waals surface area (Å²) in [5.74, 6) is -2.45. The van der Waals surface area contributed by atoms with Crippen LogP contribution in [0.15, 0.2) is 36.4 Å². The van der Waals surface area contributed by atoms with Gasteiger partial charge in [0.15, 0.2) is 0 Å². The monoisotopic (exact) mass is 775 g/mol. The molecule has 13 nitrogen and oxygen atoms in total. The molecule has 0 spiro atoms. The van der Waals surface area contributed by atoms with Crippen molar-refractivity contribution < 1.29 is 37.1 Å². The van der Waals surface area contributed by atoms with Crippen LogP contribution in [0.25, 0.3) is 11.0 Å². The maximum atomic E-state index is 14.7. The van der Waals surface area contributed by atoms with Crippen molar-refractivity contribution in [1.82, 2.24) is 24.9 Å². The molecule has 3 bridgehead atoms. The van der Waals surface area contributed by atoms with Crippen molar-refractivity contribution >= 4 is 44.7 Å². The molecule has 0 unspecified atom stereocenters. The highest BCUT2D eigenvalue weighted by atomic mass is 32.2. The molecule has 3 aliphatic heterocycles. The van der Waals surface area contributed by atoms with Crippen LogP contribution in [0, 0.1) is 17.8 Å². The van der Waals surface area contributed by atoms with Crippen molar-refractivity contribution in [3.05, 3.63) is 42.1 Å². The summed E-state index contributed by atoms with van der Waals surface area (Å²) in [5, 5.41) is 2.33. The van der Waals surface area contributed by atoms with E-state index in [1.165, 1.54) is 4.90 Å². The number of allylic oxidation sites excluding steroid dienone is 1. The number of carbonyl (C=O) groups excluding carboxylic acids is 4. The standard InChI is InChI=1S/C41H53N5O8S/c47-36-22-27-13-5-2-1-3-7-15-28-24-41(28,40(50)45-55(51,52)30-20-21-30)44-37(48)34-23-29(25-46(34)39(27)49)53-38-33(42-31-16-9-10-17-32(31)43-38)18-8-4-6-12-26-14-11-19-35(26)54-36/h7,9-10,15-17,26-30,34-35H,1-6,8,11-14,18-25H2,(H,44,48)(H,45,50)/b15-7-/t26-,27-,28-,29-,34+,35-,41-/m1/s1. The van der Waals surface area contributed by atoms with Crippen molar-refractivity contribution in [1.29, 1.82) is 0 Å². The molecular formula is C41H53N5O8S. The van der Waals surface area contributed by atoms with Crippen LogP contribution in [0.2, 0.25) is 0 Å². The highest BCUT2D eigenvalue weighted by Crippen LogP contribution is 2.46. The third-order valence-electron chi connectivity index (χ3n) is 12.6. The number of sulfonamides is 1. The number of ether oxygens (including phenoxy) is 2. The summed E-state index contributed by atoms with van der Waals surface area (Å²) in [7, 11) is -3.87. The number of aromatic nitrogens is 2. The SMILES string of the molecule is O=C1C[C@H]2CCCCC/C=C\[C@@H]3C[C@@]3(C(=O)NS(=O)(=O)C3CC3)NC(=O)[C@@H]3C[C@H](CN3C2=O)Oc2nc3ccccc3nc2CCCCC[C@@H]2CCC[C@H]2O1. The molecule has 3 saturated carbocycles. The minimum absolute atomic E-state index is 0.0691. The number of benzene rings is 1. The number of hydrogen-bond donors (Lipinski definition) is 2. The first-order chi connectivity index (χ1) is 26.6. The Morgan fingerprint density at radius 3 is 2.47 bits per heavy atom. The van der Waals surface area contributed by atoms with Gasteiger partial charge in [0, 0.05) is 18.3 Å². The van der Waals surface area contributed by atoms with Crippen LogP contribution in [0.4, 0.5) is 0 Å². The smallest absolute Gasteiger partial charge is 0.306 e. The van der Waals surface area contributed by atoms with Gasteiger partial charge in [0.1, 0.15) is 29.5 Å². The van der Waals surface area contributed by atoms with Gasteiger partial charge in [-0.05, 0) is 95.1 Å². The van der Waals surface area contributed by atoms with Gasteiger partial charge in [0.05, 0.1) is 29.2 Å². The van der Waals surface area contributed by atoms with E-state index in [9.17, 15) is 27.6 Å². The highest BCUT2D eigenvalue weighted by molar-refractivity contribution is 7.91. The number of hydrogen-bond acceptors (Lipinski definition) is 10. The molecule has 296 valence electrons. The fourth-order valence-corrected chi connectivity index (χ4v) is 10.6. The fourth-order valence-electron chi connectivity index (χ4n) is 9.20. The van der Waals surface area contributed by atoms with Crippen LogP contribution in [-0.4, -0.2) is 82.6 Å². The van der Waals surface area contributed by atoms with E-state index < -0.39 is 56.6 Å². The Bertz CT molecular complexity index is 1950. The zero-order chi connectivity index (χ0) is 38.2. The van der Waals surface area contributed by atoms with E-state index in [2.05, 4.69) is 10.0 Å². The Morgan fingerprint density at radius 1 is 0.891 bits per heavy atom. The zero-order valence-electron chi connectivity index (χ0n) is 31.5. The first-order valence-electron chi connectivity index (χ1n) is 20.6. The van der Waals surface area contributed by atoms with Crippen LogP contribution in [0.1, 0.15) is 115 Å². The molecule has 6 aliphatic rings. The molecule has 7 atom stereocenters. The van der Waals surface area contributed by atoms with Crippen molar-refractivity contribution in [3.8, 4) is 5.88 Å². The summed E-state index contributed by atoms with van der Waals surface area (Å²) in [6, 6.07) is 6.59. The molecule has 14 heteroatoms. The van der Waals surface area contributed by atoms with Crippen molar-refractivity contribution in [2.75, 3.05) is 6.54 Å². The minimum atomic E-state index is -3.87. The first-order valence-corrected chi connectivity index (χ1v) is 22.1. The largest absolute Gasteiger partial charge is 0.471 e. The molecule has 1 saturated heterocycles. The van der Waals surface area contributed by atoms with Crippen LogP contribution in [-0.2, 0) is 40.4 Å². The van der Waals surface area contributed by atoms with Crippen LogP contribution in [0.5, 0.6) is 5.88 Å². The molecule has 2 aromatic rings. The number of nitrogens with one attached hydrogen (secondary N) is 2. The lowest BCUT2D eigenvalue weighted by molar-refractivity contribution is -0.155. The number of esters is 1. The summed E-state index contributed by atoms with van der Waals surface area (Å²) in [6.45, 7) is 0.0691. The van der Waals surface area contributed by atoms with E-state index in [4.69, 9.17) is 19.4 Å². The Kier molecular flexibility index (Phi) is 10.9. The average molecular weight is 776 g/mol. The summed E-state index contributed by atoms with van der Waals surface area (Å²) < 4.78 is 40.7. The quantitative estimate of drug-likeness (QED) is 0.325. The first kappa shape index (κ1) is 37.8. The summed E-state index contributed by atoms with van der Waals surface area (Å²) >= 11 is 0. The highest BCUT2D eigenvalue weighted by Gasteiger charge is 2.62. The van der Waals surface area contributed by atoms with Gasteiger partial charge in [-0.2, -0.15) is 0 Å². The average Bonchev–Trinajstić information content (AvgIpc) is 4.05. The second-order valence-corrected chi connectivity index (χ2v) is 18.6. The van der Waals surface area contributed by atoms with Gasteiger partial charge < -0.3 is 19.7 Å². The lowest BCUT2D eigenvalue weighted by Gasteiger charge is -2.29.